The molecule has 1 fully saturated rings. The minimum atomic E-state index is -4.38. The minimum Gasteiger partial charge on any atom is -0.356 e. The molecule has 0 saturated carbocycles. The Balaban J connectivity index is 1.38. The summed E-state index contributed by atoms with van der Waals surface area (Å²) in [7, 11) is 1.70. The molecule has 29 heavy (non-hydrogen) atoms. The first-order valence-electron chi connectivity index (χ1n) is 9.65. The average Bonchev–Trinajstić information content (AvgIpc) is 3.36. The molecule has 1 aliphatic heterocycles. The Morgan fingerprint density at radius 1 is 1.34 bits per heavy atom. The summed E-state index contributed by atoms with van der Waals surface area (Å²) < 4.78 is 37.8. The third-order valence-electron chi connectivity index (χ3n) is 4.82. The van der Waals surface area contributed by atoms with Crippen LogP contribution in [0.1, 0.15) is 28.4 Å². The van der Waals surface area contributed by atoms with Crippen LogP contribution in [0.15, 0.2) is 27.9 Å². The lowest BCUT2D eigenvalue weighted by molar-refractivity contribution is -0.140. The molecule has 2 aromatic heterocycles. The monoisotopic (exact) mass is 445 g/mol. The Morgan fingerprint density at radius 3 is 2.90 bits per heavy atom. The zero-order valence-corrected chi connectivity index (χ0v) is 18.0. The summed E-state index contributed by atoms with van der Waals surface area (Å²) in [5.41, 5.74) is -0.815. The van der Waals surface area contributed by atoms with Crippen molar-refractivity contribution >= 4 is 28.6 Å². The van der Waals surface area contributed by atoms with Crippen LogP contribution >= 0.6 is 22.7 Å². The Labute approximate surface area is 177 Å². The number of nitrogens with zero attached hydrogens (tertiary/aromatic N) is 3. The molecule has 10 heteroatoms. The molecule has 2 aromatic rings. The fraction of sp³-hybridized carbons (Fsp3) is 0.579. The van der Waals surface area contributed by atoms with Gasteiger partial charge in [-0.3, -0.25) is 9.89 Å². The third-order valence-corrected chi connectivity index (χ3v) is 6.59. The topological polar surface area (TPSA) is 52.6 Å². The van der Waals surface area contributed by atoms with E-state index in [0.717, 1.165) is 42.9 Å². The van der Waals surface area contributed by atoms with Crippen molar-refractivity contribution in [3.63, 3.8) is 0 Å². The lowest BCUT2D eigenvalue weighted by Crippen LogP contribution is -2.44. The standard InChI is InChI=1S/C19H26F3N5S2/c1-23-18(24-7-6-17-26-16(13-29-17)19(20,21)22)25-10-14-4-2-8-27(11-14)12-15-5-3-9-28-15/h3,5,9,13-14H,2,4,6-8,10-12H2,1H3,(H2,23,24,25). The highest BCUT2D eigenvalue weighted by Gasteiger charge is 2.33. The predicted octanol–water partition coefficient (Wildman–Crippen LogP) is 3.84. The molecule has 1 saturated heterocycles. The predicted molar refractivity (Wildman–Crippen MR) is 113 cm³/mol. The zero-order chi connectivity index (χ0) is 20.7. The van der Waals surface area contributed by atoms with Crippen molar-refractivity contribution in [2.45, 2.75) is 32.0 Å². The molecular formula is C19H26F3N5S2. The van der Waals surface area contributed by atoms with Gasteiger partial charge in [0.05, 0.1) is 5.01 Å². The maximum absolute atomic E-state index is 12.6. The molecule has 1 aliphatic rings. The fourth-order valence-electron chi connectivity index (χ4n) is 3.39. The van der Waals surface area contributed by atoms with E-state index in [9.17, 15) is 13.2 Å². The van der Waals surface area contributed by atoms with E-state index >= 15 is 0 Å². The number of aromatic nitrogens is 1. The van der Waals surface area contributed by atoms with Gasteiger partial charge in [-0.05, 0) is 36.8 Å². The molecule has 0 amide bonds. The van der Waals surface area contributed by atoms with Crippen LogP contribution in [0.25, 0.3) is 0 Å². The third kappa shape index (κ3) is 6.97. The zero-order valence-electron chi connectivity index (χ0n) is 16.3. The van der Waals surface area contributed by atoms with Gasteiger partial charge in [0.2, 0.25) is 0 Å². The summed E-state index contributed by atoms with van der Waals surface area (Å²) >= 11 is 2.83. The number of guanidine groups is 1. The SMILES string of the molecule is CN=C(NCCc1nc(C(F)(F)F)cs1)NCC1CCCN(Cc2cccs2)C1. The van der Waals surface area contributed by atoms with E-state index < -0.39 is 11.9 Å². The van der Waals surface area contributed by atoms with E-state index in [0.29, 0.717) is 29.9 Å². The molecule has 160 valence electrons. The molecule has 0 spiro atoms. The normalized spacial score (nSPS) is 18.8. The van der Waals surface area contributed by atoms with Gasteiger partial charge in [0.15, 0.2) is 11.7 Å². The molecule has 5 nitrogen and oxygen atoms in total. The van der Waals surface area contributed by atoms with Gasteiger partial charge in [-0.1, -0.05) is 6.07 Å². The Hall–Kier alpha value is -1.65. The van der Waals surface area contributed by atoms with Gasteiger partial charge in [0.25, 0.3) is 0 Å². The number of piperidine rings is 1. The average molecular weight is 446 g/mol. The first-order valence-corrected chi connectivity index (χ1v) is 11.4. The number of thiophene rings is 1. The van der Waals surface area contributed by atoms with Crippen LogP contribution in [-0.2, 0) is 19.1 Å². The summed E-state index contributed by atoms with van der Waals surface area (Å²) in [6.07, 6.45) is -1.57. The number of aliphatic imine (C=N–C) groups is 1. The summed E-state index contributed by atoms with van der Waals surface area (Å²) in [4.78, 5) is 11.8. The van der Waals surface area contributed by atoms with Crippen molar-refractivity contribution in [3.05, 3.63) is 38.5 Å². The quantitative estimate of drug-likeness (QED) is 0.502. The summed E-state index contributed by atoms with van der Waals surface area (Å²) in [6, 6.07) is 4.27. The highest BCUT2D eigenvalue weighted by molar-refractivity contribution is 7.10. The highest BCUT2D eigenvalue weighted by atomic mass is 32.1. The Bertz CT molecular complexity index is 773. The maximum atomic E-state index is 12.6. The van der Waals surface area contributed by atoms with E-state index in [1.54, 1.807) is 18.4 Å². The largest absolute Gasteiger partial charge is 0.434 e. The van der Waals surface area contributed by atoms with E-state index in [1.807, 2.05) is 0 Å². The number of rotatable bonds is 7. The van der Waals surface area contributed by atoms with Gasteiger partial charge in [-0.15, -0.1) is 22.7 Å². The Kier molecular flexibility index (Phi) is 7.91. The van der Waals surface area contributed by atoms with Gasteiger partial charge in [0.1, 0.15) is 0 Å². The second kappa shape index (κ2) is 10.4. The van der Waals surface area contributed by atoms with Crippen LogP contribution in [0.2, 0.25) is 0 Å². The number of halogens is 3. The van der Waals surface area contributed by atoms with Gasteiger partial charge in [-0.2, -0.15) is 13.2 Å². The van der Waals surface area contributed by atoms with Crippen LogP contribution in [-0.4, -0.2) is 49.1 Å². The van der Waals surface area contributed by atoms with E-state index in [4.69, 9.17) is 0 Å². The first-order chi connectivity index (χ1) is 13.9. The van der Waals surface area contributed by atoms with Crippen LogP contribution in [0, 0.1) is 5.92 Å². The fourth-order valence-corrected chi connectivity index (χ4v) is 4.94. The van der Waals surface area contributed by atoms with Crippen molar-refractivity contribution in [1.29, 1.82) is 0 Å². The van der Waals surface area contributed by atoms with Crippen LogP contribution < -0.4 is 10.6 Å². The molecule has 0 aromatic carbocycles. The summed E-state index contributed by atoms with van der Waals surface area (Å²) in [6.45, 7) is 4.51. The molecule has 0 aliphatic carbocycles. The molecule has 3 rings (SSSR count). The lowest BCUT2D eigenvalue weighted by Gasteiger charge is -2.32. The highest BCUT2D eigenvalue weighted by Crippen LogP contribution is 2.30. The van der Waals surface area contributed by atoms with Crippen molar-refractivity contribution in [3.8, 4) is 0 Å². The second-order valence-corrected chi connectivity index (χ2v) is 9.05. The van der Waals surface area contributed by atoms with Gasteiger partial charge in [0, 0.05) is 49.9 Å². The molecule has 1 atom stereocenters. The Morgan fingerprint density at radius 2 is 2.21 bits per heavy atom. The minimum absolute atomic E-state index is 0.430. The molecule has 2 N–H and O–H groups in total. The number of alkyl halides is 3. The van der Waals surface area contributed by atoms with Crippen LogP contribution in [0.4, 0.5) is 13.2 Å². The van der Waals surface area contributed by atoms with Gasteiger partial charge < -0.3 is 10.6 Å². The molecular weight excluding hydrogens is 419 g/mol. The van der Waals surface area contributed by atoms with E-state index in [-0.39, 0.29) is 0 Å². The van der Waals surface area contributed by atoms with E-state index in [1.165, 1.54) is 17.7 Å². The van der Waals surface area contributed by atoms with Crippen molar-refractivity contribution in [2.75, 3.05) is 33.2 Å². The smallest absolute Gasteiger partial charge is 0.356 e. The molecule has 1 unspecified atom stereocenters. The van der Waals surface area contributed by atoms with Crippen molar-refractivity contribution < 1.29 is 13.2 Å². The van der Waals surface area contributed by atoms with Crippen LogP contribution in [0.5, 0.6) is 0 Å². The van der Waals surface area contributed by atoms with Gasteiger partial charge >= 0.3 is 6.18 Å². The molecule has 3 heterocycles. The summed E-state index contributed by atoms with van der Waals surface area (Å²) in [5.74, 6) is 1.23. The van der Waals surface area contributed by atoms with Crippen molar-refractivity contribution in [1.82, 2.24) is 20.5 Å². The number of hydrogen-bond acceptors (Lipinski definition) is 5. The van der Waals surface area contributed by atoms with E-state index in [2.05, 4.69) is 43.0 Å². The lowest BCUT2D eigenvalue weighted by atomic mass is 9.98. The maximum Gasteiger partial charge on any atom is 0.434 e. The van der Waals surface area contributed by atoms with Crippen LogP contribution in [0.3, 0.4) is 0 Å². The van der Waals surface area contributed by atoms with Gasteiger partial charge in [-0.25, -0.2) is 4.98 Å². The number of nitrogens with one attached hydrogen (secondary N) is 2. The molecule has 0 radical (unpaired) electrons. The number of likely N-dealkylation sites (tertiary alicyclic amines) is 1. The van der Waals surface area contributed by atoms with Crippen molar-refractivity contribution in [2.24, 2.45) is 10.9 Å². The number of hydrogen-bond donors (Lipinski definition) is 2. The first kappa shape index (κ1) is 22.0. The second-order valence-electron chi connectivity index (χ2n) is 7.08. The number of thiazole rings is 1. The molecule has 0 bridgehead atoms. The summed E-state index contributed by atoms with van der Waals surface area (Å²) in [5, 5.41) is 10.2.